The van der Waals surface area contributed by atoms with Gasteiger partial charge in [-0.3, -0.25) is 9.59 Å². The van der Waals surface area contributed by atoms with E-state index >= 15 is 0 Å². The molecule has 0 fully saturated rings. The number of rotatable bonds is 10. The van der Waals surface area contributed by atoms with E-state index in [-0.39, 0.29) is 50.3 Å². The van der Waals surface area contributed by atoms with Crippen LogP contribution in [0, 0.1) is 12.7 Å². The molecule has 0 saturated carbocycles. The van der Waals surface area contributed by atoms with Crippen molar-refractivity contribution >= 4 is 11.8 Å². The Morgan fingerprint density at radius 3 is 2.42 bits per heavy atom. The molecular formula is C23H25FN2O5. The van der Waals surface area contributed by atoms with Gasteiger partial charge in [-0.05, 0) is 48.9 Å². The minimum Gasteiger partial charge on any atom is -0.464 e. The number of hydrogen-bond acceptors (Lipinski definition) is 5. The third-order valence-electron chi connectivity index (χ3n) is 4.69. The van der Waals surface area contributed by atoms with Gasteiger partial charge in [0.05, 0.1) is 19.4 Å². The average Bonchev–Trinajstić information content (AvgIpc) is 3.43. The van der Waals surface area contributed by atoms with E-state index in [0.717, 1.165) is 11.3 Å². The molecular weight excluding hydrogens is 403 g/mol. The molecule has 0 aliphatic rings. The van der Waals surface area contributed by atoms with Crippen LogP contribution in [-0.2, 0) is 22.6 Å². The van der Waals surface area contributed by atoms with E-state index in [1.165, 1.54) is 30.4 Å². The Hall–Kier alpha value is -3.39. The molecule has 1 aromatic carbocycles. The molecule has 2 aromatic heterocycles. The standard InChI is InChI=1S/C23H25FN2O5/c1-17-5-10-20(31-17)15-26(14-18-6-8-19(24)9-7-18)22(27)16-25(11-13-29-2)23(28)21-4-3-12-30-21/h3-10,12H,11,13-16H2,1-2H3. The predicted molar refractivity (Wildman–Crippen MR) is 111 cm³/mol. The SMILES string of the molecule is COCCN(CC(=O)N(Cc1ccc(F)cc1)Cc1ccc(C)o1)C(=O)c1ccco1. The zero-order chi connectivity index (χ0) is 22.2. The highest BCUT2D eigenvalue weighted by molar-refractivity contribution is 5.94. The first-order valence-corrected chi connectivity index (χ1v) is 9.85. The number of nitrogens with zero attached hydrogens (tertiary/aromatic N) is 2. The average molecular weight is 428 g/mol. The van der Waals surface area contributed by atoms with Crippen LogP contribution in [0.5, 0.6) is 0 Å². The molecule has 8 heteroatoms. The molecule has 0 atom stereocenters. The number of aryl methyl sites for hydroxylation is 1. The second kappa shape index (κ2) is 10.6. The van der Waals surface area contributed by atoms with Crippen molar-refractivity contribution in [3.05, 3.63) is 83.5 Å². The van der Waals surface area contributed by atoms with Crippen molar-refractivity contribution in [3.63, 3.8) is 0 Å². The molecule has 0 N–H and O–H groups in total. The van der Waals surface area contributed by atoms with Gasteiger partial charge in [-0.25, -0.2) is 4.39 Å². The molecule has 3 aromatic rings. The Balaban J connectivity index is 1.78. The number of benzene rings is 1. The zero-order valence-electron chi connectivity index (χ0n) is 17.5. The molecule has 0 radical (unpaired) electrons. The van der Waals surface area contributed by atoms with Crippen molar-refractivity contribution < 1.29 is 27.6 Å². The van der Waals surface area contributed by atoms with Gasteiger partial charge in [0.2, 0.25) is 5.91 Å². The van der Waals surface area contributed by atoms with Crippen molar-refractivity contribution in [2.75, 3.05) is 26.8 Å². The largest absolute Gasteiger partial charge is 0.464 e. The molecule has 7 nitrogen and oxygen atoms in total. The quantitative estimate of drug-likeness (QED) is 0.493. The van der Waals surface area contributed by atoms with Crippen molar-refractivity contribution in [3.8, 4) is 0 Å². The number of hydrogen-bond donors (Lipinski definition) is 0. The Kier molecular flexibility index (Phi) is 7.61. The molecule has 164 valence electrons. The highest BCUT2D eigenvalue weighted by Crippen LogP contribution is 2.15. The summed E-state index contributed by atoms with van der Waals surface area (Å²) in [7, 11) is 1.53. The van der Waals surface area contributed by atoms with Gasteiger partial charge in [-0.15, -0.1) is 0 Å². The maximum atomic E-state index is 13.3. The van der Waals surface area contributed by atoms with Gasteiger partial charge in [0.15, 0.2) is 5.76 Å². The highest BCUT2D eigenvalue weighted by Gasteiger charge is 2.24. The number of amides is 2. The van der Waals surface area contributed by atoms with Gasteiger partial charge in [0.1, 0.15) is 23.9 Å². The number of carbonyl (C=O) groups excluding carboxylic acids is 2. The first-order chi connectivity index (χ1) is 15.0. The van der Waals surface area contributed by atoms with Crippen LogP contribution in [0.4, 0.5) is 4.39 Å². The summed E-state index contributed by atoms with van der Waals surface area (Å²) in [5.41, 5.74) is 0.763. The molecule has 0 aliphatic carbocycles. The summed E-state index contributed by atoms with van der Waals surface area (Å²) in [4.78, 5) is 28.9. The number of halogens is 1. The normalized spacial score (nSPS) is 10.8. The lowest BCUT2D eigenvalue weighted by atomic mass is 10.2. The minimum absolute atomic E-state index is 0.149. The van der Waals surface area contributed by atoms with Gasteiger partial charge in [0.25, 0.3) is 5.91 Å². The summed E-state index contributed by atoms with van der Waals surface area (Å²) < 4.78 is 29.2. The Bertz CT molecular complexity index is 982. The van der Waals surface area contributed by atoms with Crippen LogP contribution in [0.1, 0.15) is 27.6 Å². The van der Waals surface area contributed by atoms with Crippen LogP contribution in [0.2, 0.25) is 0 Å². The van der Waals surface area contributed by atoms with E-state index in [9.17, 15) is 14.0 Å². The summed E-state index contributed by atoms with van der Waals surface area (Å²) in [6, 6.07) is 12.7. The van der Waals surface area contributed by atoms with E-state index in [1.54, 1.807) is 35.2 Å². The van der Waals surface area contributed by atoms with E-state index in [0.29, 0.717) is 5.76 Å². The Labute approximate surface area is 180 Å². The van der Waals surface area contributed by atoms with Gasteiger partial charge in [-0.1, -0.05) is 12.1 Å². The van der Waals surface area contributed by atoms with Crippen molar-refractivity contribution in [1.29, 1.82) is 0 Å². The maximum Gasteiger partial charge on any atom is 0.290 e. The fourth-order valence-electron chi connectivity index (χ4n) is 3.07. The van der Waals surface area contributed by atoms with Crippen molar-refractivity contribution in [2.24, 2.45) is 0 Å². The molecule has 0 bridgehead atoms. The summed E-state index contributed by atoms with van der Waals surface area (Å²) in [6.45, 7) is 2.62. The van der Waals surface area contributed by atoms with Gasteiger partial charge < -0.3 is 23.4 Å². The summed E-state index contributed by atoms with van der Waals surface area (Å²) in [5.74, 6) is 0.474. The molecule has 3 rings (SSSR count). The summed E-state index contributed by atoms with van der Waals surface area (Å²) in [6.07, 6.45) is 1.41. The van der Waals surface area contributed by atoms with Crippen LogP contribution >= 0.6 is 0 Å². The maximum absolute atomic E-state index is 13.3. The number of ether oxygens (including phenoxy) is 1. The van der Waals surface area contributed by atoms with Crippen LogP contribution < -0.4 is 0 Å². The predicted octanol–water partition coefficient (Wildman–Crippen LogP) is 3.64. The smallest absolute Gasteiger partial charge is 0.290 e. The summed E-state index contributed by atoms with van der Waals surface area (Å²) >= 11 is 0. The molecule has 2 heterocycles. The number of carbonyl (C=O) groups is 2. The van der Waals surface area contributed by atoms with E-state index < -0.39 is 5.91 Å². The van der Waals surface area contributed by atoms with E-state index in [1.807, 2.05) is 13.0 Å². The van der Waals surface area contributed by atoms with Crippen LogP contribution in [0.3, 0.4) is 0 Å². The third-order valence-corrected chi connectivity index (χ3v) is 4.69. The van der Waals surface area contributed by atoms with E-state index in [4.69, 9.17) is 13.6 Å². The fourth-order valence-corrected chi connectivity index (χ4v) is 3.07. The number of methoxy groups -OCH3 is 1. The van der Waals surface area contributed by atoms with Crippen molar-refractivity contribution in [1.82, 2.24) is 9.80 Å². The van der Waals surface area contributed by atoms with Gasteiger partial charge >= 0.3 is 0 Å². The van der Waals surface area contributed by atoms with Gasteiger partial charge in [0, 0.05) is 20.2 Å². The van der Waals surface area contributed by atoms with Crippen LogP contribution in [0.15, 0.2) is 63.6 Å². The summed E-state index contributed by atoms with van der Waals surface area (Å²) in [5, 5.41) is 0. The molecule has 2 amide bonds. The lowest BCUT2D eigenvalue weighted by Crippen LogP contribution is -2.43. The van der Waals surface area contributed by atoms with Gasteiger partial charge in [-0.2, -0.15) is 0 Å². The molecule has 0 spiro atoms. The van der Waals surface area contributed by atoms with Crippen LogP contribution in [0.25, 0.3) is 0 Å². The molecule has 0 unspecified atom stereocenters. The monoisotopic (exact) mass is 428 g/mol. The highest BCUT2D eigenvalue weighted by atomic mass is 19.1. The second-order valence-corrected chi connectivity index (χ2v) is 7.09. The van der Waals surface area contributed by atoms with Crippen LogP contribution in [-0.4, -0.2) is 48.4 Å². The van der Waals surface area contributed by atoms with E-state index in [2.05, 4.69) is 0 Å². The topological polar surface area (TPSA) is 76.1 Å². The Morgan fingerprint density at radius 2 is 1.81 bits per heavy atom. The first-order valence-electron chi connectivity index (χ1n) is 9.85. The second-order valence-electron chi connectivity index (χ2n) is 7.09. The fraction of sp³-hybridized carbons (Fsp3) is 0.304. The third kappa shape index (κ3) is 6.29. The molecule has 0 saturated heterocycles. The number of furan rings is 2. The first kappa shape index (κ1) is 22.3. The lowest BCUT2D eigenvalue weighted by molar-refractivity contribution is -0.133. The Morgan fingerprint density at radius 1 is 1.03 bits per heavy atom. The lowest BCUT2D eigenvalue weighted by Gasteiger charge is -2.27. The zero-order valence-corrected chi connectivity index (χ0v) is 17.5. The van der Waals surface area contributed by atoms with Crippen molar-refractivity contribution in [2.45, 2.75) is 20.0 Å². The minimum atomic E-state index is -0.397. The molecule has 31 heavy (non-hydrogen) atoms. The molecule has 0 aliphatic heterocycles.